The van der Waals surface area contributed by atoms with Crippen molar-refractivity contribution >= 4 is 12.2 Å². The summed E-state index contributed by atoms with van der Waals surface area (Å²) < 4.78 is 5.16. The number of rotatable bonds is 1. The van der Waals surface area contributed by atoms with E-state index in [-0.39, 0.29) is 18.6 Å². The standard InChI is InChI=1S/C13H22N2O4/c1-9-6-5-7-10(8-15(9)12(17)18)14-11(16)19-13(2,3)4/h5-6,9-10H,7-8H2,1-4H3,(H,14,16)(H,17,18). The number of hydrogen-bond acceptors (Lipinski definition) is 3. The highest BCUT2D eigenvalue weighted by Gasteiger charge is 2.26. The Balaban J connectivity index is 2.61. The number of carbonyl (C=O) groups excluding carboxylic acids is 1. The fourth-order valence-electron chi connectivity index (χ4n) is 1.85. The zero-order chi connectivity index (χ0) is 14.6. The van der Waals surface area contributed by atoms with E-state index in [9.17, 15) is 9.59 Å². The molecule has 0 radical (unpaired) electrons. The molecule has 0 bridgehead atoms. The van der Waals surface area contributed by atoms with Crippen LogP contribution in [0.4, 0.5) is 9.59 Å². The van der Waals surface area contributed by atoms with Crippen LogP contribution in [0.5, 0.6) is 0 Å². The van der Waals surface area contributed by atoms with Crippen LogP contribution in [0.15, 0.2) is 12.2 Å². The number of nitrogens with one attached hydrogen (secondary N) is 1. The highest BCUT2D eigenvalue weighted by atomic mass is 16.6. The molecule has 0 spiro atoms. The van der Waals surface area contributed by atoms with Crippen molar-refractivity contribution in [1.82, 2.24) is 10.2 Å². The third-order valence-electron chi connectivity index (χ3n) is 2.71. The summed E-state index contributed by atoms with van der Waals surface area (Å²) in [5, 5.41) is 11.8. The normalized spacial score (nSPS) is 23.7. The molecule has 0 fully saturated rings. The molecule has 2 unspecified atom stereocenters. The Labute approximate surface area is 113 Å². The van der Waals surface area contributed by atoms with Gasteiger partial charge in [0.05, 0.1) is 12.1 Å². The van der Waals surface area contributed by atoms with Crippen molar-refractivity contribution in [2.45, 2.75) is 51.8 Å². The maximum Gasteiger partial charge on any atom is 0.407 e. The quantitative estimate of drug-likeness (QED) is 0.716. The second-order valence-electron chi connectivity index (χ2n) is 5.68. The zero-order valence-corrected chi connectivity index (χ0v) is 11.8. The molecule has 6 heteroatoms. The van der Waals surface area contributed by atoms with Gasteiger partial charge in [0.25, 0.3) is 0 Å². The van der Waals surface area contributed by atoms with E-state index in [1.54, 1.807) is 27.7 Å². The van der Waals surface area contributed by atoms with Crippen molar-refractivity contribution in [1.29, 1.82) is 0 Å². The van der Waals surface area contributed by atoms with E-state index < -0.39 is 17.8 Å². The summed E-state index contributed by atoms with van der Waals surface area (Å²) in [5.74, 6) is 0. The molecule has 1 heterocycles. The first-order chi connectivity index (χ1) is 8.69. The number of ether oxygens (including phenoxy) is 1. The minimum absolute atomic E-state index is 0.192. The number of carbonyl (C=O) groups is 2. The summed E-state index contributed by atoms with van der Waals surface area (Å²) in [4.78, 5) is 24.1. The molecule has 2 amide bonds. The molecular formula is C13H22N2O4. The van der Waals surface area contributed by atoms with Gasteiger partial charge in [-0.3, -0.25) is 0 Å². The van der Waals surface area contributed by atoms with Crippen molar-refractivity contribution in [3.8, 4) is 0 Å². The van der Waals surface area contributed by atoms with Gasteiger partial charge in [-0.25, -0.2) is 9.59 Å². The predicted molar refractivity (Wildman–Crippen MR) is 71.1 cm³/mol. The zero-order valence-electron chi connectivity index (χ0n) is 11.8. The Hall–Kier alpha value is -1.72. The van der Waals surface area contributed by atoms with Crippen molar-refractivity contribution in [2.75, 3.05) is 6.54 Å². The molecule has 0 aromatic carbocycles. The lowest BCUT2D eigenvalue weighted by Crippen LogP contribution is -2.47. The van der Waals surface area contributed by atoms with Crippen molar-refractivity contribution in [2.24, 2.45) is 0 Å². The molecule has 1 aliphatic heterocycles. The first-order valence-corrected chi connectivity index (χ1v) is 6.35. The van der Waals surface area contributed by atoms with Crippen LogP contribution in [0.25, 0.3) is 0 Å². The molecule has 108 valence electrons. The van der Waals surface area contributed by atoms with Crippen LogP contribution in [-0.4, -0.2) is 46.4 Å². The molecule has 1 rings (SSSR count). The lowest BCUT2D eigenvalue weighted by molar-refractivity contribution is 0.0488. The second-order valence-corrected chi connectivity index (χ2v) is 5.68. The van der Waals surface area contributed by atoms with E-state index in [1.165, 1.54) is 4.90 Å². The first-order valence-electron chi connectivity index (χ1n) is 6.35. The fraction of sp³-hybridized carbons (Fsp3) is 0.692. The van der Waals surface area contributed by atoms with Gasteiger partial charge >= 0.3 is 12.2 Å². The van der Waals surface area contributed by atoms with Crippen molar-refractivity contribution in [3.05, 3.63) is 12.2 Å². The molecule has 0 aromatic heterocycles. The van der Waals surface area contributed by atoms with Crippen molar-refractivity contribution < 1.29 is 19.4 Å². The Kier molecular flexibility index (Phi) is 4.80. The SMILES string of the molecule is CC1C=CCC(NC(=O)OC(C)(C)C)CN1C(=O)O. The molecule has 6 nitrogen and oxygen atoms in total. The van der Waals surface area contributed by atoms with Gasteiger partial charge in [-0.2, -0.15) is 0 Å². The third-order valence-corrected chi connectivity index (χ3v) is 2.71. The highest BCUT2D eigenvalue weighted by molar-refractivity contribution is 5.69. The van der Waals surface area contributed by atoms with Gasteiger partial charge in [0.2, 0.25) is 0 Å². The topological polar surface area (TPSA) is 78.9 Å². The molecule has 2 atom stereocenters. The molecular weight excluding hydrogens is 248 g/mol. The van der Waals surface area contributed by atoms with Gasteiger partial charge in [-0.05, 0) is 34.1 Å². The maximum atomic E-state index is 11.7. The van der Waals surface area contributed by atoms with E-state index in [1.807, 2.05) is 12.2 Å². The summed E-state index contributed by atoms with van der Waals surface area (Å²) >= 11 is 0. The van der Waals surface area contributed by atoms with Gasteiger partial charge in [-0.1, -0.05) is 12.2 Å². The molecule has 0 aliphatic carbocycles. The van der Waals surface area contributed by atoms with Gasteiger partial charge in [-0.15, -0.1) is 0 Å². The predicted octanol–water partition coefficient (Wildman–Crippen LogP) is 2.21. The van der Waals surface area contributed by atoms with E-state index in [2.05, 4.69) is 5.32 Å². The third kappa shape index (κ3) is 5.19. The molecule has 1 aliphatic rings. The van der Waals surface area contributed by atoms with Crippen LogP contribution in [0, 0.1) is 0 Å². The number of nitrogens with zero attached hydrogens (tertiary/aromatic N) is 1. The number of carboxylic acid groups (broad SMARTS) is 1. The van der Waals surface area contributed by atoms with E-state index in [0.717, 1.165) is 0 Å². The number of amides is 2. The van der Waals surface area contributed by atoms with Crippen LogP contribution in [0.3, 0.4) is 0 Å². The maximum absolute atomic E-state index is 11.7. The van der Waals surface area contributed by atoms with Crippen LogP contribution in [0.1, 0.15) is 34.1 Å². The Morgan fingerprint density at radius 1 is 1.42 bits per heavy atom. The van der Waals surface area contributed by atoms with Gasteiger partial charge in [0.1, 0.15) is 5.60 Å². The molecule has 0 saturated heterocycles. The summed E-state index contributed by atoms with van der Waals surface area (Å²) in [5.41, 5.74) is -0.565. The number of alkyl carbamates (subject to hydrolysis) is 1. The summed E-state index contributed by atoms with van der Waals surface area (Å²) in [6.45, 7) is 7.41. The largest absolute Gasteiger partial charge is 0.465 e. The lowest BCUT2D eigenvalue weighted by Gasteiger charge is -2.27. The van der Waals surface area contributed by atoms with Crippen LogP contribution >= 0.6 is 0 Å². The minimum Gasteiger partial charge on any atom is -0.465 e. The second kappa shape index (κ2) is 5.95. The fourth-order valence-corrected chi connectivity index (χ4v) is 1.85. The first kappa shape index (κ1) is 15.3. The lowest BCUT2D eigenvalue weighted by atomic mass is 10.2. The Morgan fingerprint density at radius 3 is 2.58 bits per heavy atom. The highest BCUT2D eigenvalue weighted by Crippen LogP contribution is 2.12. The van der Waals surface area contributed by atoms with Crippen molar-refractivity contribution in [3.63, 3.8) is 0 Å². The van der Waals surface area contributed by atoms with E-state index in [0.29, 0.717) is 6.42 Å². The molecule has 19 heavy (non-hydrogen) atoms. The van der Waals surface area contributed by atoms with Gasteiger partial charge < -0.3 is 20.1 Å². The van der Waals surface area contributed by atoms with E-state index >= 15 is 0 Å². The minimum atomic E-state index is -0.991. The summed E-state index contributed by atoms with van der Waals surface area (Å²) in [6.07, 6.45) is 2.79. The van der Waals surface area contributed by atoms with Crippen LogP contribution in [-0.2, 0) is 4.74 Å². The van der Waals surface area contributed by atoms with Gasteiger partial charge in [0, 0.05) is 6.54 Å². The molecule has 0 saturated carbocycles. The Bertz CT molecular complexity index is 373. The Morgan fingerprint density at radius 2 is 2.05 bits per heavy atom. The monoisotopic (exact) mass is 270 g/mol. The average molecular weight is 270 g/mol. The molecule has 2 N–H and O–H groups in total. The van der Waals surface area contributed by atoms with Crippen LogP contribution < -0.4 is 5.32 Å². The summed E-state index contributed by atoms with van der Waals surface area (Å²) in [7, 11) is 0. The molecule has 0 aromatic rings. The smallest absolute Gasteiger partial charge is 0.407 e. The van der Waals surface area contributed by atoms with Crippen LogP contribution in [0.2, 0.25) is 0 Å². The average Bonchev–Trinajstić information content (AvgIpc) is 2.37. The van der Waals surface area contributed by atoms with Gasteiger partial charge in [0.15, 0.2) is 0 Å². The summed E-state index contributed by atoms with van der Waals surface area (Å²) in [6, 6.07) is -0.463. The number of hydrogen-bond donors (Lipinski definition) is 2. The van der Waals surface area contributed by atoms with E-state index in [4.69, 9.17) is 9.84 Å².